The summed E-state index contributed by atoms with van der Waals surface area (Å²) in [6, 6.07) is 0. The topological polar surface area (TPSA) is 58.3 Å². The fraction of sp³-hybridized carbons (Fsp3) is 0.571. The van der Waals surface area contributed by atoms with Crippen LogP contribution in [0.2, 0.25) is 0 Å². The molecule has 5 heteroatoms. The maximum atomic E-state index is 8.96. The van der Waals surface area contributed by atoms with Crippen LogP contribution in [0, 0.1) is 0 Å². The van der Waals surface area contributed by atoms with Crippen LogP contribution in [0.1, 0.15) is 18.7 Å². The van der Waals surface area contributed by atoms with Crippen LogP contribution in [0.4, 0.5) is 0 Å². The third-order valence-electron chi connectivity index (χ3n) is 2.27. The molecule has 0 bridgehead atoms. The first kappa shape index (κ1) is 7.82. The average Bonchev–Trinajstić information content (AvgIpc) is 2.47. The van der Waals surface area contributed by atoms with Crippen LogP contribution in [0.3, 0.4) is 0 Å². The Balaban J connectivity index is 2.38. The summed E-state index contributed by atoms with van der Waals surface area (Å²) in [4.78, 5) is 4.12. The first-order valence-electron chi connectivity index (χ1n) is 4.19. The van der Waals surface area contributed by atoms with E-state index in [9.17, 15) is 0 Å². The third-order valence-corrected chi connectivity index (χ3v) is 2.27. The van der Waals surface area contributed by atoms with E-state index in [0.717, 1.165) is 31.6 Å². The quantitative estimate of drug-likeness (QED) is 0.520. The molecule has 0 unspecified atom stereocenters. The molecule has 0 aliphatic carbocycles. The molecule has 0 amide bonds. The summed E-state index contributed by atoms with van der Waals surface area (Å²) in [7, 11) is -1.38. The molecule has 64 valence electrons. The second-order valence-corrected chi connectivity index (χ2v) is 3.08. The van der Waals surface area contributed by atoms with Gasteiger partial charge in [-0.2, -0.15) is 0 Å². The molecule has 12 heavy (non-hydrogen) atoms. The van der Waals surface area contributed by atoms with Crippen LogP contribution < -0.4 is 5.59 Å². The van der Waals surface area contributed by atoms with E-state index in [2.05, 4.69) is 4.98 Å². The van der Waals surface area contributed by atoms with Crippen molar-refractivity contribution in [1.82, 2.24) is 9.55 Å². The Labute approximate surface area is 71.0 Å². The van der Waals surface area contributed by atoms with Gasteiger partial charge < -0.3 is 14.6 Å². The molecule has 0 aromatic carbocycles. The number of rotatable bonds is 1. The van der Waals surface area contributed by atoms with E-state index in [0.29, 0.717) is 5.59 Å². The predicted molar refractivity (Wildman–Crippen MR) is 45.0 cm³/mol. The molecule has 1 aliphatic heterocycles. The van der Waals surface area contributed by atoms with Crippen molar-refractivity contribution in [2.24, 2.45) is 0 Å². The van der Waals surface area contributed by atoms with Crippen LogP contribution in [-0.2, 0) is 13.0 Å². The SMILES string of the molecule is OB(O)c1cnc2n1CCCC2. The molecule has 0 atom stereocenters. The van der Waals surface area contributed by atoms with Gasteiger partial charge in [0.05, 0.1) is 5.59 Å². The number of aryl methyl sites for hydroxylation is 1. The molecule has 0 fully saturated rings. The summed E-state index contributed by atoms with van der Waals surface area (Å²) in [5.41, 5.74) is 0.518. The molecule has 4 nitrogen and oxygen atoms in total. The highest BCUT2D eigenvalue weighted by atomic mass is 16.4. The lowest BCUT2D eigenvalue weighted by Gasteiger charge is -2.15. The first-order chi connectivity index (χ1) is 5.79. The molecular formula is C7H11BN2O2. The number of fused-ring (bicyclic) bond motifs is 1. The Kier molecular flexibility index (Phi) is 1.90. The van der Waals surface area contributed by atoms with Crippen molar-refractivity contribution < 1.29 is 10.0 Å². The minimum atomic E-state index is -1.38. The lowest BCUT2D eigenvalue weighted by atomic mass is 9.86. The molecule has 2 N–H and O–H groups in total. The maximum absolute atomic E-state index is 8.96. The molecule has 2 rings (SSSR count). The summed E-state index contributed by atoms with van der Waals surface area (Å²) in [6.07, 6.45) is 4.75. The minimum absolute atomic E-state index is 0.518. The second-order valence-electron chi connectivity index (χ2n) is 3.08. The van der Waals surface area contributed by atoms with Crippen LogP contribution in [0.25, 0.3) is 0 Å². The van der Waals surface area contributed by atoms with Gasteiger partial charge in [-0.3, -0.25) is 0 Å². The van der Waals surface area contributed by atoms with Gasteiger partial charge in [-0.15, -0.1) is 0 Å². The highest BCUT2D eigenvalue weighted by molar-refractivity contribution is 6.57. The van der Waals surface area contributed by atoms with Crippen molar-refractivity contribution in [2.75, 3.05) is 0 Å². The number of hydrogen-bond acceptors (Lipinski definition) is 3. The number of aromatic nitrogens is 2. The summed E-state index contributed by atoms with van der Waals surface area (Å²) < 4.78 is 1.90. The van der Waals surface area contributed by atoms with E-state index < -0.39 is 7.12 Å². The second kappa shape index (κ2) is 2.92. The van der Waals surface area contributed by atoms with E-state index in [1.54, 1.807) is 6.20 Å². The Morgan fingerprint density at radius 1 is 1.42 bits per heavy atom. The van der Waals surface area contributed by atoms with Crippen molar-refractivity contribution in [3.05, 3.63) is 12.0 Å². The monoisotopic (exact) mass is 166 g/mol. The molecule has 0 saturated carbocycles. The minimum Gasteiger partial charge on any atom is -0.422 e. The molecule has 0 spiro atoms. The molecule has 2 heterocycles. The number of hydrogen-bond donors (Lipinski definition) is 2. The number of imidazole rings is 1. The van der Waals surface area contributed by atoms with Crippen LogP contribution >= 0.6 is 0 Å². The maximum Gasteiger partial charge on any atom is 0.507 e. The largest absolute Gasteiger partial charge is 0.507 e. The summed E-state index contributed by atoms with van der Waals surface area (Å²) >= 11 is 0. The van der Waals surface area contributed by atoms with Crippen molar-refractivity contribution in [1.29, 1.82) is 0 Å². The molecular weight excluding hydrogens is 155 g/mol. The standard InChI is InChI=1S/C7H11BN2O2/c11-8(12)6-5-9-7-3-1-2-4-10(6)7/h5,11-12H,1-4H2. The van der Waals surface area contributed by atoms with Gasteiger partial charge in [0, 0.05) is 19.2 Å². The summed E-state index contributed by atoms with van der Waals surface area (Å²) in [6.45, 7) is 0.863. The van der Waals surface area contributed by atoms with Crippen LogP contribution in [-0.4, -0.2) is 26.7 Å². The summed E-state index contributed by atoms with van der Waals surface area (Å²) in [5.74, 6) is 0.976. The van der Waals surface area contributed by atoms with Crippen LogP contribution in [0.5, 0.6) is 0 Å². The van der Waals surface area contributed by atoms with Gasteiger partial charge in [0.1, 0.15) is 5.82 Å². The Bertz CT molecular complexity index is 285. The van der Waals surface area contributed by atoms with Crippen molar-refractivity contribution in [2.45, 2.75) is 25.8 Å². The predicted octanol–water partition coefficient (Wildman–Crippen LogP) is -1.10. The first-order valence-corrected chi connectivity index (χ1v) is 4.19. The average molecular weight is 166 g/mol. The van der Waals surface area contributed by atoms with Gasteiger partial charge in [-0.05, 0) is 12.8 Å². The highest BCUT2D eigenvalue weighted by Crippen LogP contribution is 2.10. The molecule has 1 aromatic heterocycles. The normalized spacial score (nSPS) is 15.8. The van der Waals surface area contributed by atoms with Gasteiger partial charge in [0.2, 0.25) is 0 Å². The Hall–Kier alpha value is -0.805. The zero-order valence-corrected chi connectivity index (χ0v) is 6.77. The van der Waals surface area contributed by atoms with E-state index in [1.165, 1.54) is 0 Å². The zero-order valence-electron chi connectivity index (χ0n) is 6.77. The Morgan fingerprint density at radius 2 is 2.25 bits per heavy atom. The fourth-order valence-electron chi connectivity index (χ4n) is 1.65. The van der Waals surface area contributed by atoms with E-state index in [4.69, 9.17) is 10.0 Å². The lowest BCUT2D eigenvalue weighted by Crippen LogP contribution is -2.37. The molecule has 0 radical (unpaired) electrons. The van der Waals surface area contributed by atoms with Gasteiger partial charge >= 0.3 is 7.12 Å². The molecule has 1 aromatic rings. The van der Waals surface area contributed by atoms with E-state index >= 15 is 0 Å². The van der Waals surface area contributed by atoms with Crippen molar-refractivity contribution in [3.8, 4) is 0 Å². The molecule has 1 aliphatic rings. The summed E-state index contributed by atoms with van der Waals surface area (Å²) in [5, 5.41) is 17.9. The van der Waals surface area contributed by atoms with Gasteiger partial charge in [-0.25, -0.2) is 4.98 Å². The number of nitrogens with zero attached hydrogens (tertiary/aromatic N) is 2. The lowest BCUT2D eigenvalue weighted by molar-refractivity contribution is 0.418. The van der Waals surface area contributed by atoms with E-state index in [-0.39, 0.29) is 0 Å². The highest BCUT2D eigenvalue weighted by Gasteiger charge is 2.21. The van der Waals surface area contributed by atoms with Crippen molar-refractivity contribution >= 4 is 12.7 Å². The zero-order chi connectivity index (χ0) is 8.55. The van der Waals surface area contributed by atoms with Crippen LogP contribution in [0.15, 0.2) is 6.20 Å². The van der Waals surface area contributed by atoms with Gasteiger partial charge in [0.15, 0.2) is 0 Å². The van der Waals surface area contributed by atoms with Crippen molar-refractivity contribution in [3.63, 3.8) is 0 Å². The van der Waals surface area contributed by atoms with Gasteiger partial charge in [0.25, 0.3) is 0 Å². The fourth-order valence-corrected chi connectivity index (χ4v) is 1.65. The Morgan fingerprint density at radius 3 is 3.00 bits per heavy atom. The third kappa shape index (κ3) is 1.15. The van der Waals surface area contributed by atoms with E-state index in [1.807, 2.05) is 4.57 Å². The van der Waals surface area contributed by atoms with Gasteiger partial charge in [-0.1, -0.05) is 0 Å². The molecule has 0 saturated heterocycles. The smallest absolute Gasteiger partial charge is 0.422 e.